The fourth-order valence-corrected chi connectivity index (χ4v) is 2.94. The second kappa shape index (κ2) is 8.89. The average molecular weight is 413 g/mol. The fraction of sp³-hybridized carbons (Fsp3) is 0.684. The molecule has 0 bridgehead atoms. The maximum Gasteiger partial charge on any atom is 0.351 e. The Balaban J connectivity index is 2.42. The van der Waals surface area contributed by atoms with Crippen molar-refractivity contribution in [1.82, 2.24) is 9.55 Å². The van der Waals surface area contributed by atoms with Gasteiger partial charge < -0.3 is 19.9 Å². The highest BCUT2D eigenvalue weighted by molar-refractivity contribution is 5.72. The van der Waals surface area contributed by atoms with Gasteiger partial charge in [-0.2, -0.15) is 4.98 Å². The Morgan fingerprint density at radius 1 is 1.31 bits per heavy atom. The SMILES string of the molecule is CCC1(COC(=O)C(C)C)OC(n2ccc(N)nc2=O)C(F)C1OC(=O)C(C)C. The highest BCUT2D eigenvalue weighted by Gasteiger charge is 2.59. The molecule has 2 rings (SSSR count). The van der Waals surface area contributed by atoms with E-state index in [1.54, 1.807) is 34.6 Å². The van der Waals surface area contributed by atoms with Crippen LogP contribution in [0, 0.1) is 11.8 Å². The monoisotopic (exact) mass is 413 g/mol. The molecule has 1 fully saturated rings. The lowest BCUT2D eigenvalue weighted by molar-refractivity contribution is -0.182. The van der Waals surface area contributed by atoms with Crippen molar-refractivity contribution in [3.63, 3.8) is 0 Å². The molecule has 1 aromatic heterocycles. The van der Waals surface area contributed by atoms with Gasteiger partial charge in [0.1, 0.15) is 18.0 Å². The number of carbonyl (C=O) groups excluding carboxylic acids is 2. The van der Waals surface area contributed by atoms with Crippen molar-refractivity contribution >= 4 is 17.8 Å². The Kier molecular flexibility index (Phi) is 6.99. The van der Waals surface area contributed by atoms with Crippen LogP contribution >= 0.6 is 0 Å². The number of hydrogen-bond acceptors (Lipinski definition) is 8. The molecule has 2 N–H and O–H groups in total. The molecule has 1 saturated heterocycles. The molecule has 4 unspecified atom stereocenters. The molecule has 162 valence electrons. The summed E-state index contributed by atoms with van der Waals surface area (Å²) >= 11 is 0. The van der Waals surface area contributed by atoms with Gasteiger partial charge in [-0.1, -0.05) is 34.6 Å². The first kappa shape index (κ1) is 22.8. The first-order valence-electron chi connectivity index (χ1n) is 9.56. The van der Waals surface area contributed by atoms with E-state index in [1.165, 1.54) is 12.3 Å². The normalized spacial score (nSPS) is 26.7. The summed E-state index contributed by atoms with van der Waals surface area (Å²) in [4.78, 5) is 39.9. The molecule has 29 heavy (non-hydrogen) atoms. The second-order valence-corrected chi connectivity index (χ2v) is 7.69. The van der Waals surface area contributed by atoms with Crippen LogP contribution in [-0.2, 0) is 23.8 Å². The highest BCUT2D eigenvalue weighted by atomic mass is 19.1. The van der Waals surface area contributed by atoms with Crippen molar-refractivity contribution < 1.29 is 28.2 Å². The Morgan fingerprint density at radius 2 is 1.93 bits per heavy atom. The zero-order valence-electron chi connectivity index (χ0n) is 17.3. The van der Waals surface area contributed by atoms with E-state index >= 15 is 4.39 Å². The van der Waals surface area contributed by atoms with Gasteiger partial charge >= 0.3 is 17.6 Å². The summed E-state index contributed by atoms with van der Waals surface area (Å²) in [5.74, 6) is -2.05. The van der Waals surface area contributed by atoms with Crippen molar-refractivity contribution in [2.24, 2.45) is 11.8 Å². The molecule has 0 spiro atoms. The summed E-state index contributed by atoms with van der Waals surface area (Å²) in [7, 11) is 0. The number of carbonyl (C=O) groups is 2. The number of nitrogen functional groups attached to an aromatic ring is 1. The third-order valence-corrected chi connectivity index (χ3v) is 4.80. The van der Waals surface area contributed by atoms with Crippen molar-refractivity contribution in [3.8, 4) is 0 Å². The molecular weight excluding hydrogens is 385 g/mol. The molecule has 1 aliphatic rings. The van der Waals surface area contributed by atoms with Crippen molar-refractivity contribution in [3.05, 3.63) is 22.7 Å². The van der Waals surface area contributed by atoms with Gasteiger partial charge in [-0.15, -0.1) is 0 Å². The maximum atomic E-state index is 15.4. The van der Waals surface area contributed by atoms with Crippen LogP contribution in [0.15, 0.2) is 17.1 Å². The lowest BCUT2D eigenvalue weighted by atomic mass is 9.93. The topological polar surface area (TPSA) is 123 Å². The van der Waals surface area contributed by atoms with Crippen LogP contribution in [0.3, 0.4) is 0 Å². The Morgan fingerprint density at radius 3 is 2.45 bits per heavy atom. The number of anilines is 1. The minimum atomic E-state index is -1.89. The van der Waals surface area contributed by atoms with Gasteiger partial charge in [0, 0.05) is 6.20 Å². The predicted molar refractivity (Wildman–Crippen MR) is 101 cm³/mol. The highest BCUT2D eigenvalue weighted by Crippen LogP contribution is 2.43. The number of halogens is 1. The summed E-state index contributed by atoms with van der Waals surface area (Å²) < 4.78 is 33.0. The number of aromatic nitrogens is 2. The van der Waals surface area contributed by atoms with Crippen LogP contribution in [0.5, 0.6) is 0 Å². The number of rotatable bonds is 7. The van der Waals surface area contributed by atoms with E-state index in [1.807, 2.05) is 0 Å². The summed E-state index contributed by atoms with van der Waals surface area (Å²) in [5.41, 5.74) is 3.22. The van der Waals surface area contributed by atoms with Gasteiger partial charge in [0.15, 0.2) is 18.5 Å². The number of nitrogens with two attached hydrogens (primary N) is 1. The van der Waals surface area contributed by atoms with E-state index < -0.39 is 53.6 Å². The molecular formula is C19H28FN3O6. The van der Waals surface area contributed by atoms with Gasteiger partial charge in [-0.25, -0.2) is 9.18 Å². The van der Waals surface area contributed by atoms with E-state index in [0.29, 0.717) is 0 Å². The van der Waals surface area contributed by atoms with E-state index in [9.17, 15) is 14.4 Å². The first-order valence-corrected chi connectivity index (χ1v) is 9.56. The van der Waals surface area contributed by atoms with Gasteiger partial charge in [0.25, 0.3) is 0 Å². The lowest BCUT2D eigenvalue weighted by Crippen LogP contribution is -2.49. The first-order chi connectivity index (χ1) is 13.5. The average Bonchev–Trinajstić information content (AvgIpc) is 2.92. The van der Waals surface area contributed by atoms with Crippen molar-refractivity contribution in [1.29, 1.82) is 0 Å². The third-order valence-electron chi connectivity index (χ3n) is 4.80. The summed E-state index contributed by atoms with van der Waals surface area (Å²) in [6.07, 6.45) is -3.26. The van der Waals surface area contributed by atoms with Gasteiger partial charge in [-0.05, 0) is 12.5 Å². The quantitative estimate of drug-likeness (QED) is 0.669. The standard InChI is InChI=1S/C19H28FN3O6/c1-6-19(9-27-16(24)10(2)3)14(28-17(25)11(4)5)13(20)15(29-19)23-8-7-12(21)22-18(23)26/h7-8,10-11,13-15H,6,9H2,1-5H3,(H2,21,22,26). The molecule has 0 aliphatic carbocycles. The van der Waals surface area contributed by atoms with E-state index in [2.05, 4.69) is 4.98 Å². The van der Waals surface area contributed by atoms with Gasteiger partial charge in [0.2, 0.25) is 0 Å². The maximum absolute atomic E-state index is 15.4. The van der Waals surface area contributed by atoms with Crippen molar-refractivity contribution in [2.45, 2.75) is 65.1 Å². The second-order valence-electron chi connectivity index (χ2n) is 7.69. The summed E-state index contributed by atoms with van der Waals surface area (Å²) in [6.45, 7) is 7.91. The van der Waals surface area contributed by atoms with Crippen LogP contribution < -0.4 is 11.4 Å². The molecule has 10 heteroatoms. The van der Waals surface area contributed by atoms with Crippen LogP contribution in [0.1, 0.15) is 47.3 Å². The molecule has 9 nitrogen and oxygen atoms in total. The van der Waals surface area contributed by atoms with Crippen LogP contribution in [-0.4, -0.2) is 46.0 Å². The molecule has 4 atom stereocenters. The number of ether oxygens (including phenoxy) is 3. The van der Waals surface area contributed by atoms with E-state index in [0.717, 1.165) is 4.57 Å². The Bertz CT molecular complexity index is 811. The number of alkyl halides is 1. The molecule has 0 radical (unpaired) electrons. The number of nitrogens with zero attached hydrogens (tertiary/aromatic N) is 2. The largest absolute Gasteiger partial charge is 0.462 e. The molecule has 1 aromatic rings. The van der Waals surface area contributed by atoms with E-state index in [-0.39, 0.29) is 18.8 Å². The summed E-state index contributed by atoms with van der Waals surface area (Å²) in [6, 6.07) is 1.33. The summed E-state index contributed by atoms with van der Waals surface area (Å²) in [5, 5.41) is 0. The Labute approximate surface area is 168 Å². The molecule has 1 aliphatic heterocycles. The zero-order chi connectivity index (χ0) is 21.9. The third kappa shape index (κ3) is 4.75. The molecule has 0 aromatic carbocycles. The minimum absolute atomic E-state index is 0.0185. The zero-order valence-corrected chi connectivity index (χ0v) is 17.3. The smallest absolute Gasteiger partial charge is 0.351 e. The number of esters is 2. The molecule has 2 heterocycles. The van der Waals surface area contributed by atoms with E-state index in [4.69, 9.17) is 19.9 Å². The van der Waals surface area contributed by atoms with Gasteiger partial charge in [-0.3, -0.25) is 14.2 Å². The Hall–Kier alpha value is -2.49. The van der Waals surface area contributed by atoms with Crippen LogP contribution in [0.4, 0.5) is 10.2 Å². The minimum Gasteiger partial charge on any atom is -0.462 e. The van der Waals surface area contributed by atoms with Crippen molar-refractivity contribution in [2.75, 3.05) is 12.3 Å². The predicted octanol–water partition coefficient (Wildman–Crippen LogP) is 1.61. The van der Waals surface area contributed by atoms with Crippen LogP contribution in [0.2, 0.25) is 0 Å². The number of hydrogen-bond donors (Lipinski definition) is 1. The molecule has 0 amide bonds. The van der Waals surface area contributed by atoms with Gasteiger partial charge in [0.05, 0.1) is 11.8 Å². The fourth-order valence-electron chi connectivity index (χ4n) is 2.94. The van der Waals surface area contributed by atoms with Crippen LogP contribution in [0.25, 0.3) is 0 Å². The molecule has 0 saturated carbocycles. The lowest BCUT2D eigenvalue weighted by Gasteiger charge is -2.32.